The number of nitrogens with zero attached hydrogens (tertiary/aromatic N) is 1. The molecule has 2 amide bonds. The lowest BCUT2D eigenvalue weighted by Crippen LogP contribution is -2.40. The normalized spacial score (nSPS) is 11.8. The van der Waals surface area contributed by atoms with E-state index < -0.39 is 11.8 Å². The van der Waals surface area contributed by atoms with Gasteiger partial charge in [0.05, 0.1) is 18.2 Å². The molecule has 0 bridgehead atoms. The molecule has 0 spiro atoms. The molecule has 1 unspecified atom stereocenters. The Morgan fingerprint density at radius 2 is 1.71 bits per heavy atom. The maximum atomic E-state index is 12.3. The molecule has 1 atom stereocenters. The predicted molar refractivity (Wildman–Crippen MR) is 107 cm³/mol. The van der Waals surface area contributed by atoms with Crippen LogP contribution in [0.3, 0.4) is 0 Å². The zero-order chi connectivity index (χ0) is 19.9. The van der Waals surface area contributed by atoms with Crippen LogP contribution in [0.4, 0.5) is 0 Å². The number of amides is 2. The molecule has 0 aliphatic rings. The van der Waals surface area contributed by atoms with Crippen molar-refractivity contribution in [3.63, 3.8) is 0 Å². The Labute approximate surface area is 163 Å². The third-order valence-electron chi connectivity index (χ3n) is 4.47. The SMILES string of the molecule is COCc1ccc(CNC(=O)C(=O)NC(C)c2cccc3cccnc23)cc1. The molecule has 6 nitrogen and oxygen atoms in total. The predicted octanol–water partition coefficient (Wildman–Crippen LogP) is 2.87. The molecule has 1 aromatic heterocycles. The van der Waals surface area contributed by atoms with Crippen molar-refractivity contribution in [3.05, 3.63) is 77.5 Å². The van der Waals surface area contributed by atoms with Gasteiger partial charge in [0, 0.05) is 30.8 Å². The van der Waals surface area contributed by atoms with E-state index in [0.29, 0.717) is 6.61 Å². The second-order valence-electron chi connectivity index (χ2n) is 6.55. The monoisotopic (exact) mass is 377 g/mol. The molecule has 0 aliphatic carbocycles. The smallest absolute Gasteiger partial charge is 0.309 e. The molecule has 144 valence electrons. The first-order valence-electron chi connectivity index (χ1n) is 9.07. The number of para-hydroxylation sites is 1. The fourth-order valence-corrected chi connectivity index (χ4v) is 3.00. The van der Waals surface area contributed by atoms with Crippen molar-refractivity contribution in [2.75, 3.05) is 7.11 Å². The molecule has 0 fully saturated rings. The lowest BCUT2D eigenvalue weighted by atomic mass is 10.0. The molecule has 2 N–H and O–H groups in total. The van der Waals surface area contributed by atoms with Crippen molar-refractivity contribution in [2.24, 2.45) is 0 Å². The van der Waals surface area contributed by atoms with E-state index in [1.807, 2.05) is 61.5 Å². The highest BCUT2D eigenvalue weighted by Gasteiger charge is 2.18. The van der Waals surface area contributed by atoms with Crippen LogP contribution in [0.15, 0.2) is 60.8 Å². The summed E-state index contributed by atoms with van der Waals surface area (Å²) in [6.45, 7) is 2.66. The zero-order valence-electron chi connectivity index (χ0n) is 15.9. The highest BCUT2D eigenvalue weighted by molar-refractivity contribution is 6.35. The standard InChI is InChI=1S/C22H23N3O3/c1-15(19-7-3-5-18-6-4-12-23-20(18)19)25-22(27)21(26)24-13-16-8-10-17(11-9-16)14-28-2/h3-12,15H,13-14H2,1-2H3,(H,24,26)(H,25,27). The number of hydrogen-bond acceptors (Lipinski definition) is 4. The van der Waals surface area contributed by atoms with E-state index >= 15 is 0 Å². The topological polar surface area (TPSA) is 80.3 Å². The number of pyridine rings is 1. The number of carbonyl (C=O) groups excluding carboxylic acids is 2. The minimum absolute atomic E-state index is 0.281. The summed E-state index contributed by atoms with van der Waals surface area (Å²) in [6, 6.07) is 16.9. The number of rotatable bonds is 6. The average Bonchev–Trinajstić information content (AvgIpc) is 2.72. The van der Waals surface area contributed by atoms with Gasteiger partial charge >= 0.3 is 11.8 Å². The van der Waals surface area contributed by atoms with Crippen molar-refractivity contribution in [1.82, 2.24) is 15.6 Å². The van der Waals surface area contributed by atoms with E-state index in [2.05, 4.69) is 15.6 Å². The second kappa shape index (κ2) is 9.10. The molecule has 2 aromatic carbocycles. The van der Waals surface area contributed by atoms with Crippen LogP contribution >= 0.6 is 0 Å². The third kappa shape index (κ3) is 4.72. The first-order chi connectivity index (χ1) is 13.6. The number of aromatic nitrogens is 1. The Morgan fingerprint density at radius 3 is 2.46 bits per heavy atom. The maximum absolute atomic E-state index is 12.3. The zero-order valence-corrected chi connectivity index (χ0v) is 15.9. The fourth-order valence-electron chi connectivity index (χ4n) is 3.00. The minimum atomic E-state index is -0.670. The van der Waals surface area contributed by atoms with Gasteiger partial charge in [0.2, 0.25) is 0 Å². The molecule has 1 heterocycles. The largest absolute Gasteiger partial charge is 0.380 e. The first-order valence-corrected chi connectivity index (χ1v) is 9.07. The van der Waals surface area contributed by atoms with Crippen molar-refractivity contribution in [1.29, 1.82) is 0 Å². The molecule has 3 aromatic rings. The van der Waals surface area contributed by atoms with Gasteiger partial charge in [0.15, 0.2) is 0 Å². The number of benzene rings is 2. The Morgan fingerprint density at radius 1 is 1.00 bits per heavy atom. The van der Waals surface area contributed by atoms with E-state index in [1.54, 1.807) is 13.3 Å². The van der Waals surface area contributed by atoms with E-state index in [1.165, 1.54) is 0 Å². The van der Waals surface area contributed by atoms with Crippen LogP contribution in [-0.4, -0.2) is 23.9 Å². The van der Waals surface area contributed by atoms with Gasteiger partial charge in [-0.1, -0.05) is 48.5 Å². The summed E-state index contributed by atoms with van der Waals surface area (Å²) in [7, 11) is 1.64. The highest BCUT2D eigenvalue weighted by atomic mass is 16.5. The Balaban J connectivity index is 1.58. The molecule has 0 saturated heterocycles. The number of nitrogens with one attached hydrogen (secondary N) is 2. The molecular weight excluding hydrogens is 354 g/mol. The quantitative estimate of drug-likeness (QED) is 0.648. The Hall–Kier alpha value is -3.25. The number of hydrogen-bond donors (Lipinski definition) is 2. The maximum Gasteiger partial charge on any atom is 0.309 e. The van der Waals surface area contributed by atoms with Crippen molar-refractivity contribution < 1.29 is 14.3 Å². The highest BCUT2D eigenvalue weighted by Crippen LogP contribution is 2.21. The van der Waals surface area contributed by atoms with Gasteiger partial charge in [0.25, 0.3) is 0 Å². The number of carbonyl (C=O) groups is 2. The van der Waals surface area contributed by atoms with Gasteiger partial charge < -0.3 is 15.4 Å². The van der Waals surface area contributed by atoms with Gasteiger partial charge in [-0.3, -0.25) is 14.6 Å². The van der Waals surface area contributed by atoms with E-state index in [-0.39, 0.29) is 12.6 Å². The van der Waals surface area contributed by atoms with Gasteiger partial charge in [-0.15, -0.1) is 0 Å². The van der Waals surface area contributed by atoms with Crippen LogP contribution in [0.2, 0.25) is 0 Å². The van der Waals surface area contributed by atoms with Crippen LogP contribution in [0.5, 0.6) is 0 Å². The van der Waals surface area contributed by atoms with Crippen molar-refractivity contribution >= 4 is 22.7 Å². The summed E-state index contributed by atoms with van der Waals surface area (Å²) in [5.41, 5.74) is 3.64. The molecule has 0 aliphatic heterocycles. The van der Waals surface area contributed by atoms with Gasteiger partial charge in [-0.05, 0) is 24.1 Å². The summed E-state index contributed by atoms with van der Waals surface area (Å²) in [5, 5.41) is 6.38. The second-order valence-corrected chi connectivity index (χ2v) is 6.55. The fraction of sp³-hybridized carbons (Fsp3) is 0.227. The average molecular weight is 377 g/mol. The number of methoxy groups -OCH3 is 1. The number of ether oxygens (including phenoxy) is 1. The summed E-state index contributed by atoms with van der Waals surface area (Å²) in [4.78, 5) is 28.8. The molecule has 0 saturated carbocycles. The van der Waals surface area contributed by atoms with Crippen LogP contribution < -0.4 is 10.6 Å². The van der Waals surface area contributed by atoms with Gasteiger partial charge in [-0.2, -0.15) is 0 Å². The van der Waals surface area contributed by atoms with Gasteiger partial charge in [-0.25, -0.2) is 0 Å². The minimum Gasteiger partial charge on any atom is -0.380 e. The van der Waals surface area contributed by atoms with Crippen LogP contribution in [-0.2, 0) is 27.5 Å². The molecule has 3 rings (SSSR count). The molecule has 0 radical (unpaired) electrons. The summed E-state index contributed by atoms with van der Waals surface area (Å²) < 4.78 is 5.07. The lowest BCUT2D eigenvalue weighted by Gasteiger charge is -2.16. The van der Waals surface area contributed by atoms with Gasteiger partial charge in [0.1, 0.15) is 0 Å². The molecule has 28 heavy (non-hydrogen) atoms. The molecule has 6 heteroatoms. The summed E-state index contributed by atoms with van der Waals surface area (Å²) in [5.74, 6) is -1.34. The first kappa shape index (κ1) is 19.5. The van der Waals surface area contributed by atoms with E-state index in [0.717, 1.165) is 27.6 Å². The lowest BCUT2D eigenvalue weighted by molar-refractivity contribution is -0.139. The van der Waals surface area contributed by atoms with Crippen LogP contribution in [0.25, 0.3) is 10.9 Å². The van der Waals surface area contributed by atoms with Crippen molar-refractivity contribution in [2.45, 2.75) is 26.1 Å². The van der Waals surface area contributed by atoms with Crippen LogP contribution in [0, 0.1) is 0 Å². The Kier molecular flexibility index (Phi) is 6.34. The number of fused-ring (bicyclic) bond motifs is 1. The summed E-state index contributed by atoms with van der Waals surface area (Å²) >= 11 is 0. The molecular formula is C22H23N3O3. The van der Waals surface area contributed by atoms with E-state index in [4.69, 9.17) is 4.74 Å². The summed E-state index contributed by atoms with van der Waals surface area (Å²) in [6.07, 6.45) is 1.71. The third-order valence-corrected chi connectivity index (χ3v) is 4.47. The van der Waals surface area contributed by atoms with Crippen LogP contribution in [0.1, 0.15) is 29.7 Å². The van der Waals surface area contributed by atoms with E-state index in [9.17, 15) is 9.59 Å². The Bertz CT molecular complexity index is 965. The van der Waals surface area contributed by atoms with Crippen molar-refractivity contribution in [3.8, 4) is 0 Å².